The predicted molar refractivity (Wildman–Crippen MR) is 109 cm³/mol. The molecule has 0 atom stereocenters. The lowest BCUT2D eigenvalue weighted by atomic mass is 9.70. The van der Waals surface area contributed by atoms with E-state index in [0.717, 1.165) is 0 Å². The fraction of sp³-hybridized carbons (Fsp3) is 0.190. The molecule has 0 fully saturated rings. The fourth-order valence-electron chi connectivity index (χ4n) is 2.95. The van der Waals surface area contributed by atoms with Gasteiger partial charge in [-0.3, -0.25) is 4.79 Å². The van der Waals surface area contributed by atoms with Crippen molar-refractivity contribution in [3.8, 4) is 11.1 Å². The molecule has 7 heteroatoms. The fourth-order valence-corrected chi connectivity index (χ4v) is 4.59. The Morgan fingerprint density at radius 1 is 1.11 bits per heavy atom. The second-order valence-electron chi connectivity index (χ2n) is 7.55. The second-order valence-corrected chi connectivity index (χ2v) is 9.20. The zero-order chi connectivity index (χ0) is 20.5. The summed E-state index contributed by atoms with van der Waals surface area (Å²) in [4.78, 5) is 12.5. The van der Waals surface area contributed by atoms with Crippen LogP contribution in [0.5, 0.6) is 0 Å². The van der Waals surface area contributed by atoms with Gasteiger partial charge in [0, 0.05) is 11.1 Å². The summed E-state index contributed by atoms with van der Waals surface area (Å²) in [6.45, 7) is 5.24. The van der Waals surface area contributed by atoms with Gasteiger partial charge in [-0.25, -0.2) is 17.5 Å². The third-order valence-corrected chi connectivity index (χ3v) is 5.88. The van der Waals surface area contributed by atoms with E-state index in [0.29, 0.717) is 16.6 Å². The van der Waals surface area contributed by atoms with Gasteiger partial charge in [0.2, 0.25) is 10.0 Å². The number of halogens is 1. The monoisotopic (exact) mass is 396 g/mol. The molecular weight excluding hydrogens is 376 g/mol. The van der Waals surface area contributed by atoms with Crippen LogP contribution in [0.1, 0.15) is 31.1 Å². The van der Waals surface area contributed by atoms with Crippen molar-refractivity contribution in [3.63, 3.8) is 0 Å². The number of carbonyl (C=O) groups is 1. The van der Waals surface area contributed by atoms with Gasteiger partial charge in [-0.2, -0.15) is 0 Å². The third-order valence-electron chi connectivity index (χ3n) is 4.07. The molecule has 2 aromatic carbocycles. The minimum absolute atomic E-state index is 0.0527. The average Bonchev–Trinajstić information content (AvgIpc) is 3.14. The van der Waals surface area contributed by atoms with Crippen molar-refractivity contribution >= 4 is 23.1 Å². The largest absolute Gasteiger partial charge is 0.290 e. The first kappa shape index (κ1) is 20.2. The van der Waals surface area contributed by atoms with E-state index in [1.807, 2.05) is 0 Å². The Morgan fingerprint density at radius 2 is 1.82 bits per heavy atom. The first-order valence-corrected chi connectivity index (χ1v) is 10.3. The molecule has 1 N–H and O–H groups in total. The van der Waals surface area contributed by atoms with Crippen LogP contribution in [0.4, 0.5) is 4.39 Å². The molecule has 1 aliphatic heterocycles. The van der Waals surface area contributed by atoms with E-state index in [4.69, 9.17) is 0 Å². The maximum Gasteiger partial charge on any atom is 0.241 e. The molecule has 28 heavy (non-hydrogen) atoms. The molecule has 3 rings (SSSR count). The number of ketones is 1. The Morgan fingerprint density at radius 3 is 2.43 bits per heavy atom. The zero-order valence-electron chi connectivity index (χ0n) is 15.9. The highest BCUT2D eigenvalue weighted by molar-refractivity contribution is 7.89. The number of hydrogen-bond acceptors (Lipinski definition) is 3. The van der Waals surface area contributed by atoms with Crippen molar-refractivity contribution in [1.29, 1.82) is 0 Å². The molecule has 0 saturated carbocycles. The van der Waals surface area contributed by atoms with E-state index in [-0.39, 0.29) is 10.5 Å². The molecule has 0 spiro atoms. The van der Waals surface area contributed by atoms with Gasteiger partial charge in [0.25, 0.3) is 0 Å². The van der Waals surface area contributed by atoms with Crippen molar-refractivity contribution in [2.24, 2.45) is 0 Å². The minimum Gasteiger partial charge on any atom is -0.290 e. The predicted octanol–water partition coefficient (Wildman–Crippen LogP) is 3.87. The molecule has 0 aliphatic carbocycles. The molecule has 1 radical (unpaired) electrons. The van der Waals surface area contributed by atoms with Crippen molar-refractivity contribution in [2.45, 2.75) is 31.2 Å². The van der Waals surface area contributed by atoms with E-state index >= 15 is 0 Å². The zero-order valence-corrected chi connectivity index (χ0v) is 16.7. The highest BCUT2D eigenvalue weighted by atomic mass is 32.2. The number of rotatable bonds is 5. The van der Waals surface area contributed by atoms with Crippen molar-refractivity contribution in [3.05, 3.63) is 77.4 Å². The van der Waals surface area contributed by atoms with Crippen LogP contribution in [-0.2, 0) is 10.0 Å². The van der Waals surface area contributed by atoms with Gasteiger partial charge in [-0.1, -0.05) is 36.4 Å². The lowest BCUT2D eigenvalue weighted by Gasteiger charge is -2.21. The first-order valence-electron chi connectivity index (χ1n) is 8.78. The summed E-state index contributed by atoms with van der Waals surface area (Å²) in [5, 5.41) is 0. The molecule has 0 bridgehead atoms. The summed E-state index contributed by atoms with van der Waals surface area (Å²) in [5.74, 6) is 0.604. The van der Waals surface area contributed by atoms with E-state index in [1.165, 1.54) is 18.2 Å². The van der Waals surface area contributed by atoms with Crippen LogP contribution in [0.2, 0.25) is 0 Å². The van der Waals surface area contributed by atoms with Crippen LogP contribution in [0.15, 0.2) is 71.0 Å². The van der Waals surface area contributed by atoms with E-state index in [9.17, 15) is 17.6 Å². The van der Waals surface area contributed by atoms with Gasteiger partial charge >= 0.3 is 0 Å². The number of benzene rings is 2. The molecule has 0 saturated heterocycles. The molecular formula is C21H20BFNO3S. The van der Waals surface area contributed by atoms with E-state index in [2.05, 4.69) is 4.72 Å². The lowest BCUT2D eigenvalue weighted by molar-refractivity contribution is 0.103. The maximum atomic E-state index is 14.7. The van der Waals surface area contributed by atoms with Crippen LogP contribution in [0, 0.1) is 5.82 Å². The summed E-state index contributed by atoms with van der Waals surface area (Å²) in [6, 6.07) is 10.5. The molecule has 0 unspecified atom stereocenters. The van der Waals surface area contributed by atoms with Crippen LogP contribution in [-0.4, -0.2) is 27.0 Å². The maximum absolute atomic E-state index is 14.7. The van der Waals surface area contributed by atoms with Crippen LogP contribution >= 0.6 is 0 Å². The quantitative estimate of drug-likeness (QED) is 0.617. The van der Waals surface area contributed by atoms with E-state index in [1.54, 1.807) is 70.4 Å². The van der Waals surface area contributed by atoms with Gasteiger partial charge in [-0.05, 0) is 50.0 Å². The SMILES string of the molecule is CC(C)(C)NS(=O)(=O)c1ccccc1-c1ccc(C(=O)C2=CC=C[B]2)c(F)c1. The normalized spacial score (nSPS) is 13.9. The number of allylic oxidation sites excluding steroid dienone is 3. The second kappa shape index (κ2) is 7.49. The Kier molecular flexibility index (Phi) is 5.41. The molecule has 4 nitrogen and oxygen atoms in total. The van der Waals surface area contributed by atoms with Crippen LogP contribution in [0.3, 0.4) is 0 Å². The Bertz CT molecular complexity index is 1100. The van der Waals surface area contributed by atoms with Gasteiger partial charge in [0.1, 0.15) is 5.82 Å². The highest BCUT2D eigenvalue weighted by Gasteiger charge is 2.25. The van der Waals surface area contributed by atoms with Gasteiger partial charge in [0.15, 0.2) is 13.1 Å². The molecule has 0 aromatic heterocycles. The third kappa shape index (κ3) is 4.31. The Labute approximate surface area is 165 Å². The van der Waals surface area contributed by atoms with Gasteiger partial charge in [-0.15, -0.1) is 5.98 Å². The van der Waals surface area contributed by atoms with Crippen LogP contribution in [0.25, 0.3) is 11.1 Å². The lowest BCUT2D eigenvalue weighted by Crippen LogP contribution is -2.40. The summed E-state index contributed by atoms with van der Waals surface area (Å²) in [5.41, 5.74) is 0.441. The summed E-state index contributed by atoms with van der Waals surface area (Å²) >= 11 is 0. The minimum atomic E-state index is -3.81. The molecule has 2 aromatic rings. The molecule has 143 valence electrons. The molecule has 1 aliphatic rings. The number of nitrogens with one attached hydrogen (secondary N) is 1. The van der Waals surface area contributed by atoms with Crippen LogP contribution < -0.4 is 4.72 Å². The van der Waals surface area contributed by atoms with E-state index < -0.39 is 27.2 Å². The summed E-state index contributed by atoms with van der Waals surface area (Å²) in [7, 11) is -2.19. The number of hydrogen-bond donors (Lipinski definition) is 1. The molecule has 1 heterocycles. The highest BCUT2D eigenvalue weighted by Crippen LogP contribution is 2.30. The topological polar surface area (TPSA) is 63.2 Å². The average molecular weight is 396 g/mol. The first-order chi connectivity index (χ1) is 13.1. The Hall–Kier alpha value is -2.51. The number of carbonyl (C=O) groups excluding carboxylic acids is 1. The van der Waals surface area contributed by atoms with Gasteiger partial charge in [0.05, 0.1) is 10.5 Å². The summed E-state index contributed by atoms with van der Waals surface area (Å²) < 4.78 is 42.9. The van der Waals surface area contributed by atoms with Crippen molar-refractivity contribution < 1.29 is 17.6 Å². The molecule has 0 amide bonds. The van der Waals surface area contributed by atoms with Crippen molar-refractivity contribution in [1.82, 2.24) is 4.72 Å². The Balaban J connectivity index is 2.02. The smallest absolute Gasteiger partial charge is 0.241 e. The standard InChI is InChI=1S/C21H20BFNO3S/c1-21(2,3)24-28(26,27)19-9-5-4-7-15(19)14-10-11-16(18(23)13-14)20(25)17-8-6-12-22-17/h4-13,24H,1-3H3. The van der Waals surface area contributed by atoms with Crippen molar-refractivity contribution in [2.75, 3.05) is 0 Å². The van der Waals surface area contributed by atoms with Gasteiger partial charge < -0.3 is 0 Å². The summed E-state index contributed by atoms with van der Waals surface area (Å²) in [6.07, 6.45) is 3.33. The number of Topliss-reactive ketones (excluding diaryl/α,β-unsaturated/α-hetero) is 1. The number of sulfonamides is 1.